The predicted octanol–water partition coefficient (Wildman–Crippen LogP) is 4.26. The first-order valence-corrected chi connectivity index (χ1v) is 10.2. The lowest BCUT2D eigenvalue weighted by molar-refractivity contribution is 0.0650. The van der Waals surface area contributed by atoms with Gasteiger partial charge in [0.25, 0.3) is 17.4 Å². The first kappa shape index (κ1) is 20.0. The number of rotatable bonds is 3. The molecule has 5 rings (SSSR count). The Morgan fingerprint density at radius 2 is 1.62 bits per heavy atom. The number of carbonyl (C=O) groups is 2. The molecule has 0 bridgehead atoms. The van der Waals surface area contributed by atoms with Crippen LogP contribution in [-0.2, 0) is 0 Å². The number of aromatic amines is 1. The molecule has 1 aliphatic heterocycles. The molecule has 1 aliphatic rings. The van der Waals surface area contributed by atoms with Gasteiger partial charge in [-0.15, -0.1) is 0 Å². The highest BCUT2D eigenvalue weighted by atomic mass is 35.5. The summed E-state index contributed by atoms with van der Waals surface area (Å²) in [5.41, 5.74) is 2.96. The van der Waals surface area contributed by atoms with Crippen LogP contribution in [0.5, 0.6) is 0 Å². The van der Waals surface area contributed by atoms with Gasteiger partial charge in [-0.3, -0.25) is 29.4 Å². The summed E-state index contributed by atoms with van der Waals surface area (Å²) in [4.78, 5) is 43.7. The third-order valence-electron chi connectivity index (χ3n) is 5.62. The van der Waals surface area contributed by atoms with Crippen LogP contribution in [0.4, 0.5) is 5.69 Å². The van der Waals surface area contributed by atoms with Crippen LogP contribution in [0.25, 0.3) is 16.5 Å². The molecule has 2 heterocycles. The number of nitrogens with zero attached hydrogens (tertiary/aromatic N) is 3. The monoisotopic (exact) mass is 444 g/mol. The average molecular weight is 445 g/mol. The molecule has 0 saturated heterocycles. The van der Waals surface area contributed by atoms with Crippen molar-refractivity contribution in [3.05, 3.63) is 92.4 Å². The Balaban J connectivity index is 1.61. The van der Waals surface area contributed by atoms with Crippen LogP contribution < -0.4 is 5.56 Å². The van der Waals surface area contributed by atoms with Crippen molar-refractivity contribution in [3.8, 4) is 5.69 Å². The standard InChI is InChI=1S/C24H17ClN4O3/c1-13-19(24(32)29(27-13)15-8-6-14(25)7-9-15)12-26-20-11-10-18-21-16(20)4-3-5-17(21)22(30)28(2)23(18)31/h3-12,27H,1-2H3. The van der Waals surface area contributed by atoms with Gasteiger partial charge < -0.3 is 0 Å². The molecule has 1 aromatic heterocycles. The largest absolute Gasteiger partial charge is 0.295 e. The van der Waals surface area contributed by atoms with Crippen LogP contribution in [0, 0.1) is 6.92 Å². The van der Waals surface area contributed by atoms with Crippen molar-refractivity contribution in [3.63, 3.8) is 0 Å². The molecule has 32 heavy (non-hydrogen) atoms. The lowest BCUT2D eigenvalue weighted by atomic mass is 9.93. The summed E-state index contributed by atoms with van der Waals surface area (Å²) in [6, 6.07) is 15.6. The number of halogens is 1. The highest BCUT2D eigenvalue weighted by Gasteiger charge is 2.30. The molecule has 158 valence electrons. The normalized spacial score (nSPS) is 13.5. The summed E-state index contributed by atoms with van der Waals surface area (Å²) in [5, 5.41) is 4.89. The molecule has 0 spiro atoms. The van der Waals surface area contributed by atoms with Gasteiger partial charge in [-0.05, 0) is 49.4 Å². The maximum atomic E-state index is 13.0. The molecule has 4 aromatic rings. The topological polar surface area (TPSA) is 87.5 Å². The number of amides is 2. The number of nitrogens with one attached hydrogen (secondary N) is 1. The van der Waals surface area contributed by atoms with Crippen LogP contribution in [0.2, 0.25) is 5.02 Å². The van der Waals surface area contributed by atoms with Crippen molar-refractivity contribution >= 4 is 46.1 Å². The minimum atomic E-state index is -0.346. The van der Waals surface area contributed by atoms with E-state index in [9.17, 15) is 14.4 Å². The first-order chi connectivity index (χ1) is 15.4. The van der Waals surface area contributed by atoms with Gasteiger partial charge in [-0.2, -0.15) is 0 Å². The Morgan fingerprint density at radius 3 is 2.34 bits per heavy atom. The Morgan fingerprint density at radius 1 is 0.938 bits per heavy atom. The van der Waals surface area contributed by atoms with Gasteiger partial charge in [0.1, 0.15) is 0 Å². The van der Waals surface area contributed by atoms with Crippen molar-refractivity contribution in [1.82, 2.24) is 14.7 Å². The third-order valence-corrected chi connectivity index (χ3v) is 5.87. The second-order valence-electron chi connectivity index (χ2n) is 7.56. The Bertz CT molecular complexity index is 1490. The van der Waals surface area contributed by atoms with Crippen LogP contribution in [-0.4, -0.2) is 39.8 Å². The maximum absolute atomic E-state index is 13.0. The minimum Gasteiger partial charge on any atom is -0.295 e. The second kappa shape index (κ2) is 7.32. The van der Waals surface area contributed by atoms with E-state index in [0.717, 1.165) is 4.90 Å². The van der Waals surface area contributed by atoms with Gasteiger partial charge in [-0.25, -0.2) is 4.68 Å². The van der Waals surface area contributed by atoms with E-state index >= 15 is 0 Å². The van der Waals surface area contributed by atoms with Crippen LogP contribution in [0.15, 0.2) is 64.4 Å². The number of carbonyl (C=O) groups excluding carboxylic acids is 2. The van der Waals surface area contributed by atoms with E-state index in [-0.39, 0.29) is 17.4 Å². The fraction of sp³-hybridized carbons (Fsp3) is 0.0833. The number of benzene rings is 3. The van der Waals surface area contributed by atoms with Gasteiger partial charge >= 0.3 is 0 Å². The summed E-state index contributed by atoms with van der Waals surface area (Å²) < 4.78 is 1.43. The van der Waals surface area contributed by atoms with Crippen molar-refractivity contribution < 1.29 is 9.59 Å². The lowest BCUT2D eigenvalue weighted by Crippen LogP contribution is -2.36. The van der Waals surface area contributed by atoms with E-state index in [4.69, 9.17) is 11.6 Å². The van der Waals surface area contributed by atoms with Gasteiger partial charge in [0, 0.05) is 45.9 Å². The van der Waals surface area contributed by atoms with Crippen molar-refractivity contribution in [2.75, 3.05) is 7.05 Å². The Labute approximate surface area is 187 Å². The van der Waals surface area contributed by atoms with E-state index in [1.165, 1.54) is 17.9 Å². The number of hydrogen-bond acceptors (Lipinski definition) is 4. The molecule has 0 atom stereocenters. The summed E-state index contributed by atoms with van der Waals surface area (Å²) in [6.45, 7) is 1.79. The van der Waals surface area contributed by atoms with Crippen LogP contribution >= 0.6 is 11.6 Å². The fourth-order valence-electron chi connectivity index (χ4n) is 3.93. The molecular formula is C24H17ClN4O3. The predicted molar refractivity (Wildman–Crippen MR) is 124 cm³/mol. The van der Waals surface area contributed by atoms with E-state index in [1.807, 2.05) is 6.07 Å². The second-order valence-corrected chi connectivity index (χ2v) is 7.99. The molecule has 0 aliphatic carbocycles. The quantitative estimate of drug-likeness (QED) is 0.378. The van der Waals surface area contributed by atoms with E-state index in [2.05, 4.69) is 10.1 Å². The number of imide groups is 1. The summed E-state index contributed by atoms with van der Waals surface area (Å²) in [5.74, 6) is -0.692. The van der Waals surface area contributed by atoms with Crippen molar-refractivity contribution in [1.29, 1.82) is 0 Å². The van der Waals surface area contributed by atoms with Gasteiger partial charge in [0.2, 0.25) is 0 Å². The van der Waals surface area contributed by atoms with Crippen molar-refractivity contribution in [2.24, 2.45) is 4.99 Å². The van der Waals surface area contributed by atoms with Crippen LogP contribution in [0.3, 0.4) is 0 Å². The Hall–Kier alpha value is -3.97. The third kappa shape index (κ3) is 2.98. The number of aliphatic imine (C=N–C) groups is 1. The fourth-order valence-corrected chi connectivity index (χ4v) is 4.06. The van der Waals surface area contributed by atoms with Crippen molar-refractivity contribution in [2.45, 2.75) is 6.92 Å². The SMILES string of the molecule is Cc1[nH]n(-c2ccc(Cl)cc2)c(=O)c1C=Nc1ccc2c3c(cccc13)C(=O)N(C)C2=O. The molecule has 2 amide bonds. The summed E-state index contributed by atoms with van der Waals surface area (Å²) in [7, 11) is 1.47. The first-order valence-electron chi connectivity index (χ1n) is 9.86. The molecule has 0 radical (unpaired) electrons. The molecular weight excluding hydrogens is 428 g/mol. The zero-order chi connectivity index (χ0) is 22.6. The molecule has 0 fully saturated rings. The van der Waals surface area contributed by atoms with Gasteiger partial charge in [0.15, 0.2) is 0 Å². The maximum Gasteiger partial charge on any atom is 0.280 e. The number of aryl methyl sites for hydroxylation is 1. The summed E-state index contributed by atoms with van der Waals surface area (Å²) in [6.07, 6.45) is 1.50. The molecule has 7 nitrogen and oxygen atoms in total. The lowest BCUT2D eigenvalue weighted by Gasteiger charge is -2.24. The minimum absolute atomic E-state index is 0.247. The average Bonchev–Trinajstić information content (AvgIpc) is 3.08. The number of hydrogen-bond donors (Lipinski definition) is 1. The number of H-pyrrole nitrogens is 1. The Kier molecular flexibility index (Phi) is 4.56. The molecule has 0 unspecified atom stereocenters. The van der Waals surface area contributed by atoms with Gasteiger partial charge in [0.05, 0.1) is 16.9 Å². The molecule has 1 N–H and O–H groups in total. The highest BCUT2D eigenvalue weighted by Crippen LogP contribution is 2.35. The highest BCUT2D eigenvalue weighted by molar-refractivity contribution is 6.30. The molecule has 3 aromatic carbocycles. The van der Waals surface area contributed by atoms with E-state index < -0.39 is 0 Å². The smallest absolute Gasteiger partial charge is 0.280 e. The van der Waals surface area contributed by atoms with Crippen LogP contribution in [0.1, 0.15) is 32.0 Å². The molecule has 8 heteroatoms. The zero-order valence-corrected chi connectivity index (χ0v) is 18.0. The van der Waals surface area contributed by atoms with E-state index in [0.29, 0.717) is 49.6 Å². The number of aromatic nitrogens is 2. The summed E-state index contributed by atoms with van der Waals surface area (Å²) >= 11 is 5.94. The zero-order valence-electron chi connectivity index (χ0n) is 17.2. The van der Waals surface area contributed by atoms with Gasteiger partial charge in [-0.1, -0.05) is 23.7 Å². The van der Waals surface area contributed by atoms with E-state index in [1.54, 1.807) is 55.5 Å². The molecule has 0 saturated carbocycles.